The van der Waals surface area contributed by atoms with Gasteiger partial charge in [-0.25, -0.2) is 5.01 Å². The Bertz CT molecular complexity index is 778. The number of rotatable bonds is 3. The molecule has 0 atom stereocenters. The van der Waals surface area contributed by atoms with Crippen molar-refractivity contribution in [2.24, 2.45) is 10.3 Å². The summed E-state index contributed by atoms with van der Waals surface area (Å²) in [5.74, 6) is 0.602. The minimum atomic E-state index is -4.49. The van der Waals surface area contributed by atoms with Gasteiger partial charge in [0.05, 0.1) is 24.7 Å². The lowest BCUT2D eigenvalue weighted by Gasteiger charge is -2.24. The molecule has 0 aromatic heterocycles. The quantitative estimate of drug-likeness (QED) is 0.675. The van der Waals surface area contributed by atoms with E-state index in [1.807, 2.05) is 0 Å². The molecule has 0 unspecified atom stereocenters. The minimum Gasteiger partial charge on any atom is -0.497 e. The van der Waals surface area contributed by atoms with Crippen molar-refractivity contribution in [3.8, 4) is 5.75 Å². The zero-order valence-corrected chi connectivity index (χ0v) is 12.6. The molecule has 0 aliphatic carbocycles. The smallest absolute Gasteiger partial charge is 0.314 e. The van der Waals surface area contributed by atoms with Crippen LogP contribution in [0.2, 0.25) is 0 Å². The van der Waals surface area contributed by atoms with Crippen LogP contribution >= 0.6 is 0 Å². The van der Waals surface area contributed by atoms with Crippen LogP contribution in [0.1, 0.15) is 6.92 Å². The number of allylic oxidation sites excluding steroid dienone is 1. The van der Waals surface area contributed by atoms with Gasteiger partial charge in [-0.15, -0.1) is 4.91 Å². The van der Waals surface area contributed by atoms with Crippen LogP contribution in [0.15, 0.2) is 58.1 Å². The number of nitroso groups, excluding NO2 is 1. The third kappa shape index (κ3) is 3.21. The van der Waals surface area contributed by atoms with Gasteiger partial charge in [0.1, 0.15) is 5.75 Å². The Morgan fingerprint density at radius 1 is 1.32 bits per heavy atom. The maximum Gasteiger partial charge on any atom is 0.314 e. The molecular formula is C13H13N3O5S. The molecule has 0 spiro atoms. The fourth-order valence-electron chi connectivity index (χ4n) is 1.90. The summed E-state index contributed by atoms with van der Waals surface area (Å²) >= 11 is 0. The van der Waals surface area contributed by atoms with Gasteiger partial charge in [-0.3, -0.25) is 4.55 Å². The monoisotopic (exact) mass is 323 g/mol. The molecule has 0 saturated heterocycles. The van der Waals surface area contributed by atoms with Crippen molar-refractivity contribution in [1.29, 1.82) is 0 Å². The van der Waals surface area contributed by atoms with E-state index in [0.717, 1.165) is 6.20 Å². The fraction of sp³-hybridized carbons (Fsp3) is 0.154. The molecule has 0 saturated carbocycles. The molecule has 9 heteroatoms. The first kappa shape index (κ1) is 15.9. The number of hydrogen-bond acceptors (Lipinski definition) is 7. The van der Waals surface area contributed by atoms with E-state index in [-0.39, 0.29) is 11.3 Å². The number of nitrogens with zero attached hydrogens (tertiary/aromatic N) is 3. The lowest BCUT2D eigenvalue weighted by molar-refractivity contribution is 0.415. The molecular weight excluding hydrogens is 310 g/mol. The molecule has 0 fully saturated rings. The first-order valence-corrected chi connectivity index (χ1v) is 7.52. The van der Waals surface area contributed by atoms with Gasteiger partial charge in [-0.05, 0) is 48.0 Å². The summed E-state index contributed by atoms with van der Waals surface area (Å²) in [5.41, 5.74) is 0.938. The zero-order chi connectivity index (χ0) is 16.3. The summed E-state index contributed by atoms with van der Waals surface area (Å²) in [6.45, 7) is 1.45. The van der Waals surface area contributed by atoms with Crippen LogP contribution in [0, 0.1) is 4.91 Å². The molecule has 1 N–H and O–H groups in total. The highest BCUT2D eigenvalue weighted by atomic mass is 32.2. The molecule has 8 nitrogen and oxygen atoms in total. The van der Waals surface area contributed by atoms with Gasteiger partial charge in [0.25, 0.3) is 0 Å². The number of methoxy groups -OCH3 is 1. The van der Waals surface area contributed by atoms with E-state index >= 15 is 0 Å². The lowest BCUT2D eigenvalue weighted by atomic mass is 10.2. The van der Waals surface area contributed by atoms with Gasteiger partial charge in [-0.2, -0.15) is 13.5 Å². The minimum absolute atomic E-state index is 0.196. The van der Waals surface area contributed by atoms with Crippen LogP contribution in [0.4, 0.5) is 5.69 Å². The van der Waals surface area contributed by atoms with Crippen molar-refractivity contribution in [2.75, 3.05) is 12.1 Å². The van der Waals surface area contributed by atoms with Gasteiger partial charge >= 0.3 is 10.1 Å². The maximum absolute atomic E-state index is 11.4. The molecule has 1 aliphatic rings. The molecule has 0 amide bonds. The van der Waals surface area contributed by atoms with Crippen molar-refractivity contribution >= 4 is 20.8 Å². The van der Waals surface area contributed by atoms with E-state index in [1.54, 1.807) is 24.3 Å². The van der Waals surface area contributed by atoms with Gasteiger partial charge in [0.15, 0.2) is 0 Å². The van der Waals surface area contributed by atoms with E-state index in [9.17, 15) is 17.9 Å². The molecule has 1 aliphatic heterocycles. The predicted octanol–water partition coefficient (Wildman–Crippen LogP) is 2.27. The molecule has 116 valence electrons. The van der Waals surface area contributed by atoms with Crippen molar-refractivity contribution in [1.82, 2.24) is 0 Å². The third-order valence-electron chi connectivity index (χ3n) is 2.88. The molecule has 0 radical (unpaired) electrons. The van der Waals surface area contributed by atoms with E-state index in [4.69, 9.17) is 4.74 Å². The Morgan fingerprint density at radius 2 is 1.95 bits per heavy atom. The number of benzene rings is 1. The first-order chi connectivity index (χ1) is 10.4. The Hall–Kier alpha value is -2.52. The van der Waals surface area contributed by atoms with Crippen molar-refractivity contribution in [3.63, 3.8) is 0 Å². The highest BCUT2D eigenvalue weighted by Gasteiger charge is 2.26. The zero-order valence-electron chi connectivity index (χ0n) is 11.8. The SMILES string of the molecule is COc1ccc(N2N=C(S(=O)(=O)O)C(C)=C/C2=C\N=O)cc1. The Kier molecular flexibility index (Phi) is 4.38. The topological polar surface area (TPSA) is 109 Å². The summed E-state index contributed by atoms with van der Waals surface area (Å²) in [5, 5.41) is 7.28. The average Bonchev–Trinajstić information content (AvgIpc) is 2.47. The standard InChI is InChI=1S/C13H13N3O5S/c1-9-7-11(8-14-17)16(15-13(9)22(18,19)20)10-3-5-12(21-2)6-4-10/h3-8H,1-2H3,(H,18,19,20)/b11-8+. The lowest BCUT2D eigenvalue weighted by Crippen LogP contribution is -2.27. The summed E-state index contributed by atoms with van der Waals surface area (Å²) < 4.78 is 37.0. The van der Waals surface area contributed by atoms with Crippen LogP contribution in [0.25, 0.3) is 0 Å². The van der Waals surface area contributed by atoms with E-state index in [2.05, 4.69) is 10.3 Å². The Labute approximate surface area is 127 Å². The van der Waals surface area contributed by atoms with Crippen LogP contribution in [0.5, 0.6) is 5.75 Å². The third-order valence-corrected chi connectivity index (χ3v) is 3.78. The molecule has 22 heavy (non-hydrogen) atoms. The number of anilines is 1. The second-order valence-corrected chi connectivity index (χ2v) is 5.71. The normalized spacial score (nSPS) is 17.0. The summed E-state index contributed by atoms with van der Waals surface area (Å²) in [6.07, 6.45) is 2.39. The Balaban J connectivity index is 2.55. The molecule has 2 rings (SSSR count). The largest absolute Gasteiger partial charge is 0.497 e. The highest BCUT2D eigenvalue weighted by Crippen LogP contribution is 2.28. The summed E-state index contributed by atoms with van der Waals surface area (Å²) in [4.78, 5) is 10.5. The number of hydrogen-bond donors (Lipinski definition) is 1. The Morgan fingerprint density at radius 3 is 2.45 bits per heavy atom. The van der Waals surface area contributed by atoms with Gasteiger partial charge in [-0.1, -0.05) is 0 Å². The van der Waals surface area contributed by atoms with E-state index in [0.29, 0.717) is 11.4 Å². The van der Waals surface area contributed by atoms with Crippen molar-refractivity contribution in [2.45, 2.75) is 6.92 Å². The summed E-state index contributed by atoms with van der Waals surface area (Å²) in [6, 6.07) is 6.54. The second kappa shape index (κ2) is 6.08. The number of ether oxygens (including phenoxy) is 1. The van der Waals surface area contributed by atoms with E-state index < -0.39 is 15.2 Å². The van der Waals surface area contributed by atoms with Gasteiger partial charge in [0, 0.05) is 0 Å². The van der Waals surface area contributed by atoms with Gasteiger partial charge < -0.3 is 4.74 Å². The maximum atomic E-state index is 11.4. The highest BCUT2D eigenvalue weighted by molar-refractivity contribution is 8.02. The second-order valence-electron chi connectivity index (χ2n) is 4.38. The van der Waals surface area contributed by atoms with Crippen molar-refractivity contribution in [3.05, 3.63) is 52.7 Å². The predicted molar refractivity (Wildman–Crippen MR) is 82.1 cm³/mol. The van der Waals surface area contributed by atoms with Crippen LogP contribution in [0.3, 0.4) is 0 Å². The molecule has 0 bridgehead atoms. The van der Waals surface area contributed by atoms with Crippen molar-refractivity contribution < 1.29 is 17.7 Å². The fourth-order valence-corrected chi connectivity index (χ4v) is 2.55. The van der Waals surface area contributed by atoms with Crippen LogP contribution in [-0.2, 0) is 10.1 Å². The van der Waals surface area contributed by atoms with E-state index in [1.165, 1.54) is 25.1 Å². The number of hydrazone groups is 1. The van der Waals surface area contributed by atoms with Crippen LogP contribution in [-0.4, -0.2) is 25.1 Å². The van der Waals surface area contributed by atoms with Crippen LogP contribution < -0.4 is 9.75 Å². The average molecular weight is 323 g/mol. The molecule has 1 aromatic carbocycles. The summed E-state index contributed by atoms with van der Waals surface area (Å²) in [7, 11) is -2.98. The first-order valence-electron chi connectivity index (χ1n) is 6.08. The molecule has 1 aromatic rings. The molecule has 1 heterocycles. The van der Waals surface area contributed by atoms with Gasteiger partial charge in [0.2, 0.25) is 5.04 Å².